The largest absolute Gasteiger partial charge is 0.497 e. The summed E-state index contributed by atoms with van der Waals surface area (Å²) in [6.07, 6.45) is 6.13. The molecule has 154 valence electrons. The van der Waals surface area contributed by atoms with Gasteiger partial charge in [-0.2, -0.15) is 5.10 Å². The molecule has 29 heavy (non-hydrogen) atoms. The Labute approximate surface area is 171 Å². The molecule has 3 aromatic rings. The fourth-order valence-electron chi connectivity index (χ4n) is 4.09. The molecule has 1 aromatic carbocycles. The Morgan fingerprint density at radius 2 is 2.14 bits per heavy atom. The van der Waals surface area contributed by atoms with Gasteiger partial charge in [-0.1, -0.05) is 12.1 Å². The van der Waals surface area contributed by atoms with Gasteiger partial charge >= 0.3 is 0 Å². The minimum atomic E-state index is 0.277. The van der Waals surface area contributed by atoms with Gasteiger partial charge < -0.3 is 14.0 Å². The monoisotopic (exact) mass is 396 g/mol. The summed E-state index contributed by atoms with van der Waals surface area (Å²) in [5.74, 6) is 2.54. The van der Waals surface area contributed by atoms with Crippen LogP contribution in [0.25, 0.3) is 11.3 Å². The van der Waals surface area contributed by atoms with E-state index >= 15 is 0 Å². The lowest BCUT2D eigenvalue weighted by Gasteiger charge is -2.22. The first-order valence-corrected chi connectivity index (χ1v) is 10.2. The molecule has 0 aliphatic carbocycles. The number of likely N-dealkylation sites (tertiary alicyclic amines) is 1. The van der Waals surface area contributed by atoms with E-state index in [-0.39, 0.29) is 6.04 Å². The van der Waals surface area contributed by atoms with Crippen LogP contribution in [0.1, 0.15) is 49.2 Å². The van der Waals surface area contributed by atoms with Crippen molar-refractivity contribution in [3.8, 4) is 22.8 Å². The molecule has 2 aromatic heterocycles. The summed E-state index contributed by atoms with van der Waals surface area (Å²) in [6.45, 7) is 3.96. The standard InChI is InChI=1S/C22H28N4O3/c1-4-6-17-12-19(25-29-17)20-7-5-10-26(20)14-15-13-23-24-22(15)18-11-16(27-2)8-9-21(18)28-3/h8-9,11-13,20H,4-7,10,14H2,1-3H3,(H,23,24)/t20-/m1/s1. The molecule has 1 aliphatic heterocycles. The van der Waals surface area contributed by atoms with Crippen molar-refractivity contribution in [2.75, 3.05) is 20.8 Å². The van der Waals surface area contributed by atoms with E-state index in [1.54, 1.807) is 14.2 Å². The van der Waals surface area contributed by atoms with Crippen molar-refractivity contribution in [3.05, 3.63) is 47.5 Å². The van der Waals surface area contributed by atoms with Gasteiger partial charge in [0.1, 0.15) is 23.0 Å². The van der Waals surface area contributed by atoms with Gasteiger partial charge in [0, 0.05) is 30.2 Å². The fourth-order valence-corrected chi connectivity index (χ4v) is 4.09. The molecule has 0 unspecified atom stereocenters. The zero-order valence-electron chi connectivity index (χ0n) is 17.3. The number of aryl methyl sites for hydroxylation is 1. The summed E-state index contributed by atoms with van der Waals surface area (Å²) >= 11 is 0. The molecular formula is C22H28N4O3. The highest BCUT2D eigenvalue weighted by molar-refractivity contribution is 5.71. The van der Waals surface area contributed by atoms with Crippen LogP contribution in [0.4, 0.5) is 0 Å². The van der Waals surface area contributed by atoms with E-state index in [0.29, 0.717) is 0 Å². The maximum absolute atomic E-state index is 5.57. The van der Waals surface area contributed by atoms with Crippen LogP contribution in [0.5, 0.6) is 11.5 Å². The summed E-state index contributed by atoms with van der Waals surface area (Å²) in [5.41, 5.74) is 4.07. The van der Waals surface area contributed by atoms with Crippen LogP contribution in [0.2, 0.25) is 0 Å². The van der Waals surface area contributed by atoms with Gasteiger partial charge in [-0.3, -0.25) is 10.00 Å². The Morgan fingerprint density at radius 3 is 2.93 bits per heavy atom. The number of rotatable bonds is 8. The number of methoxy groups -OCH3 is 2. The molecule has 7 nitrogen and oxygen atoms in total. The number of hydrogen-bond acceptors (Lipinski definition) is 6. The minimum absolute atomic E-state index is 0.277. The van der Waals surface area contributed by atoms with Gasteiger partial charge in [0.15, 0.2) is 0 Å². The third kappa shape index (κ3) is 4.00. The smallest absolute Gasteiger partial charge is 0.137 e. The summed E-state index contributed by atoms with van der Waals surface area (Å²) in [6, 6.07) is 8.19. The number of aromatic amines is 1. The van der Waals surface area contributed by atoms with E-state index in [1.165, 1.54) is 0 Å². The van der Waals surface area contributed by atoms with Crippen molar-refractivity contribution in [3.63, 3.8) is 0 Å². The number of ether oxygens (including phenoxy) is 2. The van der Waals surface area contributed by atoms with E-state index in [0.717, 1.165) is 78.5 Å². The molecule has 0 saturated carbocycles. The third-order valence-electron chi connectivity index (χ3n) is 5.55. The molecule has 1 atom stereocenters. The molecule has 0 spiro atoms. The average Bonchev–Trinajstić information content (AvgIpc) is 3.49. The van der Waals surface area contributed by atoms with Gasteiger partial charge in [-0.25, -0.2) is 0 Å². The van der Waals surface area contributed by atoms with Crippen molar-refractivity contribution >= 4 is 0 Å². The number of H-pyrrole nitrogens is 1. The lowest BCUT2D eigenvalue weighted by atomic mass is 10.1. The van der Waals surface area contributed by atoms with Crippen molar-refractivity contribution in [1.29, 1.82) is 0 Å². The second-order valence-corrected chi connectivity index (χ2v) is 7.43. The minimum Gasteiger partial charge on any atom is -0.497 e. The summed E-state index contributed by atoms with van der Waals surface area (Å²) in [4.78, 5) is 2.45. The van der Waals surface area contributed by atoms with Crippen LogP contribution in [0, 0.1) is 0 Å². The zero-order chi connectivity index (χ0) is 20.2. The molecule has 1 aliphatic rings. The lowest BCUT2D eigenvalue weighted by molar-refractivity contribution is 0.236. The van der Waals surface area contributed by atoms with Crippen molar-refractivity contribution in [2.24, 2.45) is 0 Å². The van der Waals surface area contributed by atoms with Crippen LogP contribution in [0.15, 0.2) is 35.0 Å². The first-order chi connectivity index (χ1) is 14.2. The lowest BCUT2D eigenvalue weighted by Crippen LogP contribution is -2.23. The number of aromatic nitrogens is 3. The number of nitrogens with zero attached hydrogens (tertiary/aromatic N) is 3. The Kier molecular flexibility index (Phi) is 5.85. The molecular weight excluding hydrogens is 368 g/mol. The van der Waals surface area contributed by atoms with Gasteiger partial charge in [0.2, 0.25) is 0 Å². The quantitative estimate of drug-likeness (QED) is 0.609. The second-order valence-electron chi connectivity index (χ2n) is 7.43. The van der Waals surface area contributed by atoms with E-state index in [1.807, 2.05) is 24.4 Å². The summed E-state index contributed by atoms with van der Waals surface area (Å²) < 4.78 is 16.5. The molecule has 0 amide bonds. The van der Waals surface area contributed by atoms with E-state index in [9.17, 15) is 0 Å². The predicted molar refractivity (Wildman–Crippen MR) is 110 cm³/mol. The Balaban J connectivity index is 1.59. The highest BCUT2D eigenvalue weighted by Crippen LogP contribution is 2.37. The van der Waals surface area contributed by atoms with Crippen LogP contribution in [0.3, 0.4) is 0 Å². The summed E-state index contributed by atoms with van der Waals surface area (Å²) in [7, 11) is 3.34. The van der Waals surface area contributed by atoms with Crippen LogP contribution >= 0.6 is 0 Å². The molecule has 1 fully saturated rings. The van der Waals surface area contributed by atoms with Crippen LogP contribution in [-0.4, -0.2) is 41.0 Å². The van der Waals surface area contributed by atoms with Crippen molar-refractivity contribution in [2.45, 2.75) is 45.2 Å². The van der Waals surface area contributed by atoms with Crippen molar-refractivity contribution < 1.29 is 14.0 Å². The third-order valence-corrected chi connectivity index (χ3v) is 5.55. The van der Waals surface area contributed by atoms with Gasteiger partial charge in [0.25, 0.3) is 0 Å². The fraction of sp³-hybridized carbons (Fsp3) is 0.455. The van der Waals surface area contributed by atoms with Gasteiger partial charge in [-0.15, -0.1) is 0 Å². The molecule has 1 N–H and O–H groups in total. The SMILES string of the molecule is CCCc1cc([C@H]2CCCN2Cc2cn[nH]c2-c2cc(OC)ccc2OC)no1. The number of benzene rings is 1. The molecule has 4 rings (SSSR count). The second kappa shape index (κ2) is 8.69. The topological polar surface area (TPSA) is 76.4 Å². The Morgan fingerprint density at radius 1 is 1.24 bits per heavy atom. The van der Waals surface area contributed by atoms with E-state index < -0.39 is 0 Å². The first-order valence-electron chi connectivity index (χ1n) is 10.2. The van der Waals surface area contributed by atoms with E-state index in [4.69, 9.17) is 14.0 Å². The highest BCUT2D eigenvalue weighted by Gasteiger charge is 2.30. The summed E-state index contributed by atoms with van der Waals surface area (Å²) in [5, 5.41) is 11.8. The molecule has 7 heteroatoms. The maximum Gasteiger partial charge on any atom is 0.137 e. The average molecular weight is 396 g/mol. The zero-order valence-corrected chi connectivity index (χ0v) is 17.3. The van der Waals surface area contributed by atoms with Crippen LogP contribution < -0.4 is 9.47 Å². The Hall–Kier alpha value is -2.80. The first kappa shape index (κ1) is 19.5. The molecule has 3 heterocycles. The van der Waals surface area contributed by atoms with Crippen LogP contribution in [-0.2, 0) is 13.0 Å². The highest BCUT2D eigenvalue weighted by atomic mass is 16.5. The van der Waals surface area contributed by atoms with Crippen molar-refractivity contribution in [1.82, 2.24) is 20.3 Å². The normalized spacial score (nSPS) is 17.0. The maximum atomic E-state index is 5.57. The van der Waals surface area contributed by atoms with E-state index in [2.05, 4.69) is 33.2 Å². The molecule has 1 saturated heterocycles. The number of nitrogens with one attached hydrogen (secondary N) is 1. The molecule has 0 radical (unpaired) electrons. The molecule has 0 bridgehead atoms. The number of hydrogen-bond donors (Lipinski definition) is 1. The van der Waals surface area contributed by atoms with Gasteiger partial charge in [-0.05, 0) is 44.0 Å². The predicted octanol–water partition coefficient (Wildman–Crippen LogP) is 4.37. The van der Waals surface area contributed by atoms with Gasteiger partial charge in [0.05, 0.1) is 32.2 Å². The Bertz CT molecular complexity index is 949.